The molecule has 0 aliphatic carbocycles. The van der Waals surface area contributed by atoms with E-state index >= 15 is 0 Å². The van der Waals surface area contributed by atoms with Gasteiger partial charge in [0, 0.05) is 45.0 Å². The summed E-state index contributed by atoms with van der Waals surface area (Å²) >= 11 is 0. The molecule has 0 unspecified atom stereocenters. The van der Waals surface area contributed by atoms with Gasteiger partial charge in [-0.05, 0) is 27.7 Å². The zero-order valence-corrected chi connectivity index (χ0v) is 13.0. The van der Waals surface area contributed by atoms with Crippen molar-refractivity contribution in [3.8, 4) is 0 Å². The van der Waals surface area contributed by atoms with Crippen molar-refractivity contribution in [2.45, 2.75) is 39.3 Å². The van der Waals surface area contributed by atoms with E-state index in [2.05, 4.69) is 10.00 Å². The molecular formula is C14H24N4O2. The highest BCUT2D eigenvalue weighted by Crippen LogP contribution is 2.19. The molecule has 1 saturated heterocycles. The number of amides is 1. The van der Waals surface area contributed by atoms with Crippen LogP contribution in [0, 0.1) is 0 Å². The largest absolute Gasteiger partial charge is 0.444 e. The average molecular weight is 280 g/mol. The van der Waals surface area contributed by atoms with Gasteiger partial charge in [0.05, 0.1) is 0 Å². The van der Waals surface area contributed by atoms with Crippen LogP contribution in [0.5, 0.6) is 0 Å². The van der Waals surface area contributed by atoms with Gasteiger partial charge in [0.1, 0.15) is 5.60 Å². The van der Waals surface area contributed by atoms with Crippen molar-refractivity contribution < 1.29 is 9.53 Å². The fraction of sp³-hybridized carbons (Fsp3) is 0.714. The fourth-order valence-electron chi connectivity index (χ4n) is 2.33. The third kappa shape index (κ3) is 3.43. The summed E-state index contributed by atoms with van der Waals surface area (Å²) in [5.41, 5.74) is -0.449. The van der Waals surface area contributed by atoms with E-state index in [1.54, 1.807) is 9.58 Å². The van der Waals surface area contributed by atoms with Gasteiger partial charge < -0.3 is 14.5 Å². The van der Waals surface area contributed by atoms with Gasteiger partial charge in [-0.3, -0.25) is 4.68 Å². The van der Waals surface area contributed by atoms with Crippen LogP contribution in [0.1, 0.15) is 27.7 Å². The summed E-state index contributed by atoms with van der Waals surface area (Å²) in [6, 6.07) is 2.11. The Morgan fingerprint density at radius 1 is 1.40 bits per heavy atom. The lowest BCUT2D eigenvalue weighted by Gasteiger charge is -2.40. The molecule has 2 heterocycles. The third-order valence-electron chi connectivity index (χ3n) is 3.28. The lowest BCUT2D eigenvalue weighted by atomic mass is 10.2. The second-order valence-electron chi connectivity index (χ2n) is 6.32. The summed E-state index contributed by atoms with van der Waals surface area (Å²) in [6.07, 6.45) is 1.70. The average Bonchev–Trinajstić information content (AvgIpc) is 2.73. The molecule has 20 heavy (non-hydrogen) atoms. The molecule has 1 aliphatic rings. The molecule has 112 valence electrons. The Kier molecular flexibility index (Phi) is 3.92. The molecule has 1 fully saturated rings. The number of carbonyl (C=O) groups excluding carboxylic acids is 1. The monoisotopic (exact) mass is 280 g/mol. The van der Waals surface area contributed by atoms with Crippen molar-refractivity contribution >= 4 is 11.9 Å². The Morgan fingerprint density at radius 2 is 2.10 bits per heavy atom. The Balaban J connectivity index is 1.97. The number of nitrogens with zero attached hydrogens (tertiary/aromatic N) is 4. The van der Waals surface area contributed by atoms with Crippen LogP contribution >= 0.6 is 0 Å². The molecule has 1 amide bonds. The smallest absolute Gasteiger partial charge is 0.410 e. The zero-order valence-electron chi connectivity index (χ0n) is 13.0. The highest BCUT2D eigenvalue weighted by molar-refractivity contribution is 5.69. The van der Waals surface area contributed by atoms with Gasteiger partial charge in [-0.25, -0.2) is 4.79 Å². The number of hydrogen-bond donors (Lipinski definition) is 0. The highest BCUT2D eigenvalue weighted by atomic mass is 16.6. The van der Waals surface area contributed by atoms with Crippen molar-refractivity contribution in [2.75, 3.05) is 24.5 Å². The Morgan fingerprint density at radius 3 is 2.60 bits per heavy atom. The van der Waals surface area contributed by atoms with Crippen LogP contribution in [0.4, 0.5) is 10.6 Å². The topological polar surface area (TPSA) is 50.6 Å². The highest BCUT2D eigenvalue weighted by Gasteiger charge is 2.31. The first-order valence-corrected chi connectivity index (χ1v) is 7.00. The summed E-state index contributed by atoms with van der Waals surface area (Å²) in [5, 5.41) is 4.41. The van der Waals surface area contributed by atoms with Gasteiger partial charge in [0.2, 0.25) is 0 Å². The molecule has 1 atom stereocenters. The Hall–Kier alpha value is -1.72. The Labute approximate surface area is 120 Å². The van der Waals surface area contributed by atoms with E-state index < -0.39 is 5.60 Å². The number of ether oxygens (including phenoxy) is 1. The molecule has 2 rings (SSSR count). The molecule has 1 aromatic rings. The zero-order chi connectivity index (χ0) is 14.9. The maximum atomic E-state index is 12.1. The minimum Gasteiger partial charge on any atom is -0.444 e. The number of piperazine rings is 1. The van der Waals surface area contributed by atoms with Gasteiger partial charge in [-0.2, -0.15) is 5.10 Å². The minimum absolute atomic E-state index is 0.112. The maximum absolute atomic E-state index is 12.1. The van der Waals surface area contributed by atoms with Gasteiger partial charge in [0.25, 0.3) is 0 Å². The van der Waals surface area contributed by atoms with Gasteiger partial charge in [-0.1, -0.05) is 0 Å². The first-order chi connectivity index (χ1) is 9.26. The summed E-state index contributed by atoms with van der Waals surface area (Å²) in [6.45, 7) is 9.92. The van der Waals surface area contributed by atoms with Crippen molar-refractivity contribution in [2.24, 2.45) is 7.05 Å². The van der Waals surface area contributed by atoms with E-state index in [9.17, 15) is 4.79 Å². The van der Waals surface area contributed by atoms with Crippen LogP contribution in [0.25, 0.3) is 0 Å². The first-order valence-electron chi connectivity index (χ1n) is 7.00. The van der Waals surface area contributed by atoms with Crippen molar-refractivity contribution in [1.82, 2.24) is 14.7 Å². The second-order valence-corrected chi connectivity index (χ2v) is 6.32. The summed E-state index contributed by atoms with van der Waals surface area (Å²) in [4.78, 5) is 16.1. The summed E-state index contributed by atoms with van der Waals surface area (Å²) in [7, 11) is 1.91. The van der Waals surface area contributed by atoms with Crippen LogP contribution < -0.4 is 4.90 Å². The molecule has 0 radical (unpaired) electrons. The Bertz CT molecular complexity index is 478. The lowest BCUT2D eigenvalue weighted by Crippen LogP contribution is -2.55. The molecular weight excluding hydrogens is 256 g/mol. The number of aromatic nitrogens is 2. The number of rotatable bonds is 1. The summed E-state index contributed by atoms with van der Waals surface area (Å²) < 4.78 is 7.23. The van der Waals surface area contributed by atoms with Crippen LogP contribution in [0.2, 0.25) is 0 Å². The molecule has 0 aromatic carbocycles. The van der Waals surface area contributed by atoms with E-state index in [0.29, 0.717) is 6.54 Å². The van der Waals surface area contributed by atoms with Gasteiger partial charge in [0.15, 0.2) is 5.82 Å². The number of aryl methyl sites for hydroxylation is 1. The minimum atomic E-state index is -0.449. The fourth-order valence-corrected chi connectivity index (χ4v) is 2.33. The lowest BCUT2D eigenvalue weighted by molar-refractivity contribution is 0.0158. The summed E-state index contributed by atoms with van der Waals surface area (Å²) in [5.74, 6) is 0.961. The third-order valence-corrected chi connectivity index (χ3v) is 3.28. The number of carbonyl (C=O) groups is 1. The quantitative estimate of drug-likeness (QED) is 0.788. The number of anilines is 1. The molecule has 0 N–H and O–H groups in total. The molecule has 1 aliphatic heterocycles. The normalized spacial score (nSPS) is 20.1. The van der Waals surface area contributed by atoms with E-state index in [-0.39, 0.29) is 12.1 Å². The predicted octanol–water partition coefficient (Wildman–Crippen LogP) is 1.87. The second kappa shape index (κ2) is 5.34. The number of hydrogen-bond acceptors (Lipinski definition) is 4. The van der Waals surface area contributed by atoms with Crippen molar-refractivity contribution in [3.63, 3.8) is 0 Å². The van der Waals surface area contributed by atoms with Crippen LogP contribution in [0.15, 0.2) is 12.3 Å². The first kappa shape index (κ1) is 14.7. The molecule has 0 saturated carbocycles. The van der Waals surface area contributed by atoms with E-state index in [1.165, 1.54) is 0 Å². The van der Waals surface area contributed by atoms with Gasteiger partial charge in [-0.15, -0.1) is 0 Å². The van der Waals surface area contributed by atoms with E-state index in [4.69, 9.17) is 4.74 Å². The molecule has 1 aromatic heterocycles. The standard InChI is InChI=1S/C14H24N4O2/c1-11-10-17(12-6-7-16(5)15-12)8-9-18(11)13(19)20-14(2,3)4/h6-7,11H,8-10H2,1-5H3/t11-/m1/s1. The van der Waals surface area contributed by atoms with Crippen LogP contribution in [0.3, 0.4) is 0 Å². The van der Waals surface area contributed by atoms with Gasteiger partial charge >= 0.3 is 6.09 Å². The molecule has 6 nitrogen and oxygen atoms in total. The molecule has 6 heteroatoms. The van der Waals surface area contributed by atoms with Crippen LogP contribution in [-0.4, -0.2) is 52.1 Å². The van der Waals surface area contributed by atoms with E-state index in [0.717, 1.165) is 18.9 Å². The SMILES string of the molecule is C[C@@H]1CN(c2ccn(C)n2)CCN1C(=O)OC(C)(C)C. The van der Waals surface area contributed by atoms with Crippen molar-refractivity contribution in [1.29, 1.82) is 0 Å². The van der Waals surface area contributed by atoms with Crippen molar-refractivity contribution in [3.05, 3.63) is 12.3 Å². The maximum Gasteiger partial charge on any atom is 0.410 e. The predicted molar refractivity (Wildman–Crippen MR) is 77.8 cm³/mol. The van der Waals surface area contributed by atoms with Crippen LogP contribution in [-0.2, 0) is 11.8 Å². The van der Waals surface area contributed by atoms with E-state index in [1.807, 2.05) is 47.0 Å². The molecule has 0 spiro atoms. The molecule has 0 bridgehead atoms.